The molecule has 0 atom stereocenters. The van der Waals surface area contributed by atoms with E-state index in [0.29, 0.717) is 5.69 Å². The number of nitrogens with one attached hydrogen (secondary N) is 1. The van der Waals surface area contributed by atoms with Gasteiger partial charge in [-0.1, -0.05) is 0 Å². The number of aryl methyl sites for hydroxylation is 1. The molecule has 0 saturated carbocycles. The molecule has 0 saturated heterocycles. The SMILES string of the molecule is Cn1cc(Nc2cc(N)nc(C(F)(F)F)n2)cn1. The summed E-state index contributed by atoms with van der Waals surface area (Å²) in [6.45, 7) is 0. The Morgan fingerprint density at radius 2 is 2.06 bits per heavy atom. The minimum Gasteiger partial charge on any atom is -0.384 e. The van der Waals surface area contributed by atoms with E-state index in [4.69, 9.17) is 5.73 Å². The lowest BCUT2D eigenvalue weighted by Gasteiger charge is -2.08. The van der Waals surface area contributed by atoms with Crippen LogP contribution in [0.1, 0.15) is 5.82 Å². The first-order chi connectivity index (χ1) is 8.34. The van der Waals surface area contributed by atoms with Gasteiger partial charge in [-0.3, -0.25) is 4.68 Å². The Morgan fingerprint density at radius 3 is 2.61 bits per heavy atom. The van der Waals surface area contributed by atoms with Gasteiger partial charge in [-0.15, -0.1) is 0 Å². The second-order valence-electron chi connectivity index (χ2n) is 3.53. The third-order valence-corrected chi connectivity index (χ3v) is 1.98. The molecule has 0 radical (unpaired) electrons. The number of halogens is 3. The Hall–Kier alpha value is -2.32. The number of nitrogens with two attached hydrogens (primary N) is 1. The van der Waals surface area contributed by atoms with Gasteiger partial charge in [-0.05, 0) is 0 Å². The largest absolute Gasteiger partial charge is 0.451 e. The summed E-state index contributed by atoms with van der Waals surface area (Å²) in [5.74, 6) is -1.58. The molecule has 2 rings (SSSR count). The Bertz CT molecular complexity index is 562. The van der Waals surface area contributed by atoms with E-state index in [2.05, 4.69) is 20.4 Å². The molecule has 0 aliphatic carbocycles. The number of anilines is 3. The molecule has 2 aromatic heterocycles. The average Bonchev–Trinajstić information content (AvgIpc) is 2.61. The van der Waals surface area contributed by atoms with Gasteiger partial charge in [-0.25, -0.2) is 9.97 Å². The fraction of sp³-hybridized carbons (Fsp3) is 0.222. The molecule has 0 aromatic carbocycles. The molecule has 0 amide bonds. The van der Waals surface area contributed by atoms with Gasteiger partial charge in [0, 0.05) is 19.3 Å². The highest BCUT2D eigenvalue weighted by molar-refractivity contribution is 5.56. The summed E-state index contributed by atoms with van der Waals surface area (Å²) in [7, 11) is 1.68. The zero-order valence-electron chi connectivity index (χ0n) is 9.23. The fourth-order valence-corrected chi connectivity index (χ4v) is 1.29. The van der Waals surface area contributed by atoms with E-state index in [0.717, 1.165) is 0 Å². The van der Waals surface area contributed by atoms with Gasteiger partial charge in [0.15, 0.2) is 0 Å². The maximum Gasteiger partial charge on any atom is 0.451 e. The highest BCUT2D eigenvalue weighted by Gasteiger charge is 2.35. The monoisotopic (exact) mass is 258 g/mol. The third kappa shape index (κ3) is 2.67. The number of rotatable bonds is 2. The third-order valence-electron chi connectivity index (χ3n) is 1.98. The number of hydrogen-bond acceptors (Lipinski definition) is 5. The van der Waals surface area contributed by atoms with Gasteiger partial charge < -0.3 is 11.1 Å². The molecule has 96 valence electrons. The molecule has 0 aliphatic rings. The van der Waals surface area contributed by atoms with Crippen LogP contribution in [0.2, 0.25) is 0 Å². The minimum atomic E-state index is -4.64. The van der Waals surface area contributed by atoms with Crippen molar-refractivity contribution in [3.05, 3.63) is 24.3 Å². The van der Waals surface area contributed by atoms with E-state index in [1.54, 1.807) is 13.2 Å². The number of nitrogens with zero attached hydrogens (tertiary/aromatic N) is 4. The predicted molar refractivity (Wildman–Crippen MR) is 57.9 cm³/mol. The minimum absolute atomic E-state index is 0.0391. The molecule has 0 unspecified atom stereocenters. The van der Waals surface area contributed by atoms with Crippen LogP contribution in [-0.4, -0.2) is 19.7 Å². The average molecular weight is 258 g/mol. The summed E-state index contributed by atoms with van der Waals surface area (Å²) < 4.78 is 38.9. The Morgan fingerprint density at radius 1 is 1.33 bits per heavy atom. The van der Waals surface area contributed by atoms with Crippen molar-refractivity contribution < 1.29 is 13.2 Å². The molecular formula is C9H9F3N6. The molecule has 6 nitrogen and oxygen atoms in total. The van der Waals surface area contributed by atoms with E-state index in [1.165, 1.54) is 16.9 Å². The van der Waals surface area contributed by atoms with Crippen LogP contribution in [0.15, 0.2) is 18.5 Å². The first kappa shape index (κ1) is 12.1. The molecule has 2 aromatic rings. The van der Waals surface area contributed by atoms with Crippen molar-refractivity contribution in [1.82, 2.24) is 19.7 Å². The zero-order chi connectivity index (χ0) is 13.3. The van der Waals surface area contributed by atoms with E-state index >= 15 is 0 Å². The molecule has 9 heteroatoms. The molecule has 0 spiro atoms. The van der Waals surface area contributed by atoms with Crippen LogP contribution in [0.25, 0.3) is 0 Å². The van der Waals surface area contributed by atoms with Crippen molar-refractivity contribution in [2.45, 2.75) is 6.18 Å². The normalized spacial score (nSPS) is 11.6. The lowest BCUT2D eigenvalue weighted by atomic mass is 10.4. The summed E-state index contributed by atoms with van der Waals surface area (Å²) in [4.78, 5) is 6.48. The van der Waals surface area contributed by atoms with Crippen LogP contribution in [-0.2, 0) is 13.2 Å². The van der Waals surface area contributed by atoms with Crippen molar-refractivity contribution in [3.8, 4) is 0 Å². The molecule has 2 heterocycles. The summed E-state index contributed by atoms with van der Waals surface area (Å²) in [5, 5.41) is 6.53. The van der Waals surface area contributed by atoms with Crippen molar-refractivity contribution in [2.75, 3.05) is 11.1 Å². The number of nitrogen functional groups attached to an aromatic ring is 1. The number of aromatic nitrogens is 4. The van der Waals surface area contributed by atoms with Crippen LogP contribution in [0.4, 0.5) is 30.5 Å². The van der Waals surface area contributed by atoms with Crippen LogP contribution in [0.5, 0.6) is 0 Å². The van der Waals surface area contributed by atoms with E-state index in [1.807, 2.05) is 0 Å². The maximum atomic E-state index is 12.5. The maximum absolute atomic E-state index is 12.5. The lowest BCUT2D eigenvalue weighted by Crippen LogP contribution is -2.13. The van der Waals surface area contributed by atoms with Crippen LogP contribution in [0.3, 0.4) is 0 Å². The van der Waals surface area contributed by atoms with E-state index in [-0.39, 0.29) is 11.6 Å². The molecule has 0 fully saturated rings. The van der Waals surface area contributed by atoms with Crippen molar-refractivity contribution >= 4 is 17.3 Å². The molecule has 18 heavy (non-hydrogen) atoms. The second-order valence-corrected chi connectivity index (χ2v) is 3.53. The number of hydrogen-bond donors (Lipinski definition) is 2. The van der Waals surface area contributed by atoms with Crippen molar-refractivity contribution in [1.29, 1.82) is 0 Å². The first-order valence-electron chi connectivity index (χ1n) is 4.82. The Kier molecular flexibility index (Phi) is 2.81. The standard InChI is InChI=1S/C9H9F3N6/c1-18-4-5(3-14-18)15-7-2-6(13)16-8(17-7)9(10,11)12/h2-4H,1H3,(H3,13,15,16,17). The van der Waals surface area contributed by atoms with Crippen molar-refractivity contribution in [3.63, 3.8) is 0 Å². The smallest absolute Gasteiger partial charge is 0.384 e. The molecule has 0 aliphatic heterocycles. The van der Waals surface area contributed by atoms with Crippen LogP contribution in [0, 0.1) is 0 Å². The van der Waals surface area contributed by atoms with E-state index in [9.17, 15) is 13.2 Å². The fourth-order valence-electron chi connectivity index (χ4n) is 1.29. The number of alkyl halides is 3. The predicted octanol–water partition coefficient (Wildman–Crippen LogP) is 1.55. The molecule has 3 N–H and O–H groups in total. The van der Waals surface area contributed by atoms with Gasteiger partial charge in [0.25, 0.3) is 0 Å². The van der Waals surface area contributed by atoms with Gasteiger partial charge in [-0.2, -0.15) is 18.3 Å². The van der Waals surface area contributed by atoms with Gasteiger partial charge >= 0.3 is 6.18 Å². The van der Waals surface area contributed by atoms with Crippen LogP contribution >= 0.6 is 0 Å². The lowest BCUT2D eigenvalue weighted by molar-refractivity contribution is -0.144. The quantitative estimate of drug-likeness (QED) is 0.854. The highest BCUT2D eigenvalue weighted by Crippen LogP contribution is 2.28. The summed E-state index contributed by atoms with van der Waals surface area (Å²) >= 11 is 0. The van der Waals surface area contributed by atoms with E-state index < -0.39 is 12.0 Å². The zero-order valence-corrected chi connectivity index (χ0v) is 9.23. The van der Waals surface area contributed by atoms with Gasteiger partial charge in [0.1, 0.15) is 11.6 Å². The second kappa shape index (κ2) is 4.17. The van der Waals surface area contributed by atoms with Gasteiger partial charge in [0.2, 0.25) is 5.82 Å². The summed E-state index contributed by atoms with van der Waals surface area (Å²) in [6.07, 6.45) is -1.60. The van der Waals surface area contributed by atoms with Crippen molar-refractivity contribution in [2.24, 2.45) is 7.05 Å². The summed E-state index contributed by atoms with van der Waals surface area (Å²) in [5.41, 5.74) is 5.81. The summed E-state index contributed by atoms with van der Waals surface area (Å²) in [6, 6.07) is 1.21. The van der Waals surface area contributed by atoms with Crippen LogP contribution < -0.4 is 11.1 Å². The molecule has 0 bridgehead atoms. The highest BCUT2D eigenvalue weighted by atomic mass is 19.4. The first-order valence-corrected chi connectivity index (χ1v) is 4.82. The Labute approximate surface area is 99.7 Å². The van der Waals surface area contributed by atoms with Gasteiger partial charge in [0.05, 0.1) is 11.9 Å². The molecular weight excluding hydrogens is 249 g/mol. The topological polar surface area (TPSA) is 81.7 Å². The Balaban J connectivity index is 2.31.